The molecule has 0 radical (unpaired) electrons. The number of nitrogen functional groups attached to an aromatic ring is 1. The van der Waals surface area contributed by atoms with Crippen molar-refractivity contribution in [3.63, 3.8) is 0 Å². The van der Waals surface area contributed by atoms with Crippen molar-refractivity contribution < 1.29 is 0 Å². The smallest absolute Gasteiger partial charge is 0.146 e. The third-order valence-electron chi connectivity index (χ3n) is 1.68. The van der Waals surface area contributed by atoms with Gasteiger partial charge in [0.25, 0.3) is 0 Å². The molecular weight excluding hydrogens is 182 g/mol. The summed E-state index contributed by atoms with van der Waals surface area (Å²) >= 11 is 1.70. The number of nitrogens with zero attached hydrogens (tertiary/aromatic N) is 2. The highest BCUT2D eigenvalue weighted by Crippen LogP contribution is 2.25. The van der Waals surface area contributed by atoms with Crippen molar-refractivity contribution in [3.8, 4) is 10.6 Å². The minimum Gasteiger partial charge on any atom is -0.382 e. The molecule has 2 heterocycles. The van der Waals surface area contributed by atoms with E-state index in [1.807, 2.05) is 12.1 Å². The fraction of sp³-hybridized carbons (Fsp3) is 0.111. The number of rotatable bonds is 1. The van der Waals surface area contributed by atoms with Crippen LogP contribution in [0.1, 0.15) is 4.88 Å². The van der Waals surface area contributed by atoms with Gasteiger partial charge in [0.1, 0.15) is 11.5 Å². The van der Waals surface area contributed by atoms with E-state index in [9.17, 15) is 0 Å². The lowest BCUT2D eigenvalue weighted by Crippen LogP contribution is -1.92. The van der Waals surface area contributed by atoms with Gasteiger partial charge in [-0.3, -0.25) is 0 Å². The molecule has 0 bridgehead atoms. The van der Waals surface area contributed by atoms with Gasteiger partial charge in [-0.1, -0.05) is 0 Å². The molecule has 2 aromatic rings. The molecule has 0 unspecified atom stereocenters. The van der Waals surface area contributed by atoms with Crippen molar-refractivity contribution >= 4 is 17.2 Å². The van der Waals surface area contributed by atoms with Crippen molar-refractivity contribution in [2.45, 2.75) is 6.92 Å². The Labute approximate surface area is 80.2 Å². The molecule has 0 spiro atoms. The highest BCUT2D eigenvalue weighted by molar-refractivity contribution is 7.15. The zero-order valence-corrected chi connectivity index (χ0v) is 8.01. The third-order valence-corrected chi connectivity index (χ3v) is 2.70. The maximum Gasteiger partial charge on any atom is 0.146 e. The Morgan fingerprint density at radius 2 is 2.00 bits per heavy atom. The first-order valence-electron chi connectivity index (χ1n) is 3.92. The van der Waals surface area contributed by atoms with E-state index in [1.54, 1.807) is 17.4 Å². The summed E-state index contributed by atoms with van der Waals surface area (Å²) in [6.45, 7) is 2.07. The Morgan fingerprint density at radius 1 is 1.15 bits per heavy atom. The van der Waals surface area contributed by atoms with Crippen LogP contribution in [0, 0.1) is 6.92 Å². The van der Waals surface area contributed by atoms with E-state index in [0.717, 1.165) is 10.6 Å². The van der Waals surface area contributed by atoms with E-state index in [1.165, 1.54) is 4.88 Å². The molecule has 0 aromatic carbocycles. The molecule has 3 nitrogen and oxygen atoms in total. The molecule has 0 aliphatic carbocycles. The standard InChI is InChI=1S/C9H9N3S/c1-6-2-4-8(13-6)7-3-5-9(10)12-11-7/h2-5H,1H3,(H2,10,12). The van der Waals surface area contributed by atoms with Gasteiger partial charge >= 0.3 is 0 Å². The predicted octanol–water partition coefficient (Wildman–Crippen LogP) is 2.10. The zero-order valence-electron chi connectivity index (χ0n) is 7.19. The second kappa shape index (κ2) is 3.14. The van der Waals surface area contributed by atoms with Crippen LogP contribution in [0.5, 0.6) is 0 Å². The summed E-state index contributed by atoms with van der Waals surface area (Å²) in [7, 11) is 0. The van der Waals surface area contributed by atoms with Crippen LogP contribution in [0.25, 0.3) is 10.6 Å². The first-order valence-corrected chi connectivity index (χ1v) is 4.73. The number of nitrogens with two attached hydrogens (primary N) is 1. The van der Waals surface area contributed by atoms with E-state index >= 15 is 0 Å². The SMILES string of the molecule is Cc1ccc(-c2ccc(N)nn2)s1. The summed E-state index contributed by atoms with van der Waals surface area (Å²) in [5, 5.41) is 7.80. The van der Waals surface area contributed by atoms with Crippen molar-refractivity contribution in [2.75, 3.05) is 5.73 Å². The van der Waals surface area contributed by atoms with Crippen molar-refractivity contribution in [1.82, 2.24) is 10.2 Å². The Balaban J connectivity index is 2.41. The van der Waals surface area contributed by atoms with Gasteiger partial charge in [-0.15, -0.1) is 21.5 Å². The zero-order chi connectivity index (χ0) is 9.26. The topological polar surface area (TPSA) is 51.8 Å². The second-order valence-corrected chi connectivity index (χ2v) is 4.04. The lowest BCUT2D eigenvalue weighted by Gasteiger charge is -1.94. The largest absolute Gasteiger partial charge is 0.382 e. The van der Waals surface area contributed by atoms with Gasteiger partial charge < -0.3 is 5.73 Å². The molecule has 0 aliphatic rings. The summed E-state index contributed by atoms with van der Waals surface area (Å²) in [4.78, 5) is 2.40. The van der Waals surface area contributed by atoms with Crippen molar-refractivity contribution in [3.05, 3.63) is 29.1 Å². The predicted molar refractivity (Wildman–Crippen MR) is 54.5 cm³/mol. The molecule has 2 aromatic heterocycles. The number of thiophene rings is 1. The fourth-order valence-corrected chi connectivity index (χ4v) is 1.88. The van der Waals surface area contributed by atoms with Gasteiger partial charge in [0, 0.05) is 4.88 Å². The molecule has 0 aliphatic heterocycles. The minimum absolute atomic E-state index is 0.456. The maximum absolute atomic E-state index is 5.44. The quantitative estimate of drug-likeness (QED) is 0.751. The molecule has 66 valence electrons. The first-order chi connectivity index (χ1) is 6.25. The number of aromatic nitrogens is 2. The van der Waals surface area contributed by atoms with Gasteiger partial charge in [-0.25, -0.2) is 0 Å². The lowest BCUT2D eigenvalue weighted by molar-refractivity contribution is 1.05. The Hall–Kier alpha value is -1.42. The van der Waals surface area contributed by atoms with Crippen molar-refractivity contribution in [1.29, 1.82) is 0 Å². The minimum atomic E-state index is 0.456. The summed E-state index contributed by atoms with van der Waals surface area (Å²) in [5.74, 6) is 0.456. The number of hydrogen-bond donors (Lipinski definition) is 1. The van der Waals surface area contributed by atoms with Crippen LogP contribution < -0.4 is 5.73 Å². The number of aryl methyl sites for hydroxylation is 1. The molecule has 0 saturated carbocycles. The molecule has 4 heteroatoms. The third kappa shape index (κ3) is 1.67. The molecule has 0 fully saturated rings. The molecule has 2 N–H and O–H groups in total. The van der Waals surface area contributed by atoms with Gasteiger partial charge in [0.2, 0.25) is 0 Å². The second-order valence-electron chi connectivity index (χ2n) is 2.75. The number of anilines is 1. The van der Waals surface area contributed by atoms with Crippen LogP contribution in [0.3, 0.4) is 0 Å². The maximum atomic E-state index is 5.44. The highest BCUT2D eigenvalue weighted by atomic mass is 32.1. The first kappa shape index (κ1) is 8.19. The summed E-state index contributed by atoms with van der Waals surface area (Å²) in [6, 6.07) is 7.75. The van der Waals surface area contributed by atoms with Crippen LogP contribution in [-0.4, -0.2) is 10.2 Å². The Bertz CT molecular complexity index is 405. The Kier molecular flexibility index (Phi) is 1.98. The van der Waals surface area contributed by atoms with Crippen LogP contribution in [0.15, 0.2) is 24.3 Å². The average molecular weight is 191 g/mol. The molecular formula is C9H9N3S. The fourth-order valence-electron chi connectivity index (χ4n) is 1.05. The van der Waals surface area contributed by atoms with E-state index in [-0.39, 0.29) is 0 Å². The van der Waals surface area contributed by atoms with E-state index in [0.29, 0.717) is 5.82 Å². The highest BCUT2D eigenvalue weighted by Gasteiger charge is 2.01. The summed E-state index contributed by atoms with van der Waals surface area (Å²) in [6.07, 6.45) is 0. The van der Waals surface area contributed by atoms with Crippen LogP contribution in [0.4, 0.5) is 5.82 Å². The summed E-state index contributed by atoms with van der Waals surface area (Å²) < 4.78 is 0. The number of hydrogen-bond acceptors (Lipinski definition) is 4. The molecule has 0 saturated heterocycles. The van der Waals surface area contributed by atoms with Gasteiger partial charge in [-0.05, 0) is 31.2 Å². The van der Waals surface area contributed by atoms with Crippen molar-refractivity contribution in [2.24, 2.45) is 0 Å². The normalized spacial score (nSPS) is 10.2. The van der Waals surface area contributed by atoms with Crippen LogP contribution in [0.2, 0.25) is 0 Å². The molecule has 2 rings (SSSR count). The Morgan fingerprint density at radius 3 is 2.54 bits per heavy atom. The van der Waals surface area contributed by atoms with Crippen LogP contribution in [-0.2, 0) is 0 Å². The average Bonchev–Trinajstić information content (AvgIpc) is 2.53. The van der Waals surface area contributed by atoms with E-state index in [4.69, 9.17) is 5.73 Å². The van der Waals surface area contributed by atoms with E-state index in [2.05, 4.69) is 23.2 Å². The van der Waals surface area contributed by atoms with E-state index < -0.39 is 0 Å². The summed E-state index contributed by atoms with van der Waals surface area (Å²) in [5.41, 5.74) is 6.32. The van der Waals surface area contributed by atoms with Gasteiger partial charge in [-0.2, -0.15) is 0 Å². The monoisotopic (exact) mass is 191 g/mol. The van der Waals surface area contributed by atoms with Crippen LogP contribution >= 0.6 is 11.3 Å². The van der Waals surface area contributed by atoms with Gasteiger partial charge in [0.05, 0.1) is 4.88 Å². The van der Waals surface area contributed by atoms with Gasteiger partial charge in [0.15, 0.2) is 0 Å². The lowest BCUT2D eigenvalue weighted by atomic mass is 10.3. The molecule has 0 amide bonds. The molecule has 0 atom stereocenters. The molecule has 13 heavy (non-hydrogen) atoms.